The number of aromatic nitrogens is 2. The van der Waals surface area contributed by atoms with Crippen molar-refractivity contribution in [3.05, 3.63) is 78.3 Å². The Balaban J connectivity index is 1.23. The van der Waals surface area contributed by atoms with Crippen LogP contribution in [0, 0.1) is 29.0 Å². The monoisotopic (exact) mass is 469 g/mol. The lowest BCUT2D eigenvalue weighted by Crippen LogP contribution is -2.55. The number of rotatable bonds is 6. The highest BCUT2D eigenvalue weighted by molar-refractivity contribution is 5.93. The lowest BCUT2D eigenvalue weighted by molar-refractivity contribution is -0.121. The molecule has 1 amide bonds. The third kappa shape index (κ3) is 4.33. The molecule has 180 valence electrons. The van der Waals surface area contributed by atoms with E-state index in [1.165, 1.54) is 50.7 Å². The molecule has 4 nitrogen and oxygen atoms in total. The van der Waals surface area contributed by atoms with Crippen LogP contribution in [0.5, 0.6) is 0 Å². The smallest absolute Gasteiger partial charge is 0.244 e. The SMILES string of the molecule is C[C@H](NC(=O)/C=C/c1cn(-c2ccccc2)nc1-c1ccc(F)cc1)C12CC3CC(CC(C3)C1)C2. The fraction of sp³-hybridized carbons (Fsp3) is 0.400. The number of halogens is 1. The summed E-state index contributed by atoms with van der Waals surface area (Å²) in [6.45, 7) is 2.20. The summed E-state index contributed by atoms with van der Waals surface area (Å²) in [6, 6.07) is 16.3. The molecule has 1 N–H and O–H groups in total. The van der Waals surface area contributed by atoms with Gasteiger partial charge < -0.3 is 5.32 Å². The van der Waals surface area contributed by atoms with Crippen molar-refractivity contribution in [2.45, 2.75) is 51.5 Å². The summed E-state index contributed by atoms with van der Waals surface area (Å²) in [5, 5.41) is 8.07. The minimum Gasteiger partial charge on any atom is -0.350 e. The number of benzene rings is 2. The van der Waals surface area contributed by atoms with Gasteiger partial charge in [-0.15, -0.1) is 0 Å². The second-order valence-corrected chi connectivity index (χ2v) is 11.1. The van der Waals surface area contributed by atoms with Gasteiger partial charge in [0.05, 0.1) is 11.4 Å². The van der Waals surface area contributed by atoms with Crippen molar-refractivity contribution < 1.29 is 9.18 Å². The first-order valence-electron chi connectivity index (χ1n) is 12.9. The van der Waals surface area contributed by atoms with Crippen LogP contribution in [0.2, 0.25) is 0 Å². The lowest BCUT2D eigenvalue weighted by atomic mass is 9.48. The summed E-state index contributed by atoms with van der Waals surface area (Å²) < 4.78 is 15.3. The Morgan fingerprint density at radius 2 is 1.66 bits per heavy atom. The Morgan fingerprint density at radius 1 is 1.03 bits per heavy atom. The van der Waals surface area contributed by atoms with Crippen LogP contribution in [0.4, 0.5) is 4.39 Å². The molecule has 0 aliphatic heterocycles. The van der Waals surface area contributed by atoms with E-state index in [0.29, 0.717) is 5.69 Å². The van der Waals surface area contributed by atoms with E-state index in [1.54, 1.807) is 22.9 Å². The fourth-order valence-corrected chi connectivity index (χ4v) is 7.34. The number of para-hydroxylation sites is 1. The first-order valence-corrected chi connectivity index (χ1v) is 12.9. The van der Waals surface area contributed by atoms with E-state index >= 15 is 0 Å². The number of hydrogen-bond acceptors (Lipinski definition) is 2. The van der Waals surface area contributed by atoms with Gasteiger partial charge in [0.15, 0.2) is 0 Å². The zero-order valence-corrected chi connectivity index (χ0v) is 20.2. The van der Waals surface area contributed by atoms with Crippen LogP contribution in [0.15, 0.2) is 66.9 Å². The number of carbonyl (C=O) groups is 1. The number of amides is 1. The van der Waals surface area contributed by atoms with Crippen LogP contribution in [0.1, 0.15) is 51.0 Å². The van der Waals surface area contributed by atoms with Gasteiger partial charge in [0.25, 0.3) is 0 Å². The quantitative estimate of drug-likeness (QED) is 0.424. The maximum absolute atomic E-state index is 13.5. The number of hydrogen-bond donors (Lipinski definition) is 1. The molecule has 0 spiro atoms. The molecule has 7 rings (SSSR count). The zero-order chi connectivity index (χ0) is 24.0. The summed E-state index contributed by atoms with van der Waals surface area (Å²) in [6.07, 6.45) is 13.4. The van der Waals surface area contributed by atoms with Crippen LogP contribution < -0.4 is 5.32 Å². The molecule has 0 radical (unpaired) electrons. The van der Waals surface area contributed by atoms with Crippen molar-refractivity contribution in [3.8, 4) is 16.9 Å². The van der Waals surface area contributed by atoms with Crippen LogP contribution >= 0.6 is 0 Å². The molecule has 1 atom stereocenters. The standard InChI is InChI=1S/C30H32FN3O/c1-20(30-16-21-13-22(17-30)15-23(14-21)18-30)32-28(35)12-9-25-19-34(27-5-3-2-4-6-27)33-29(25)24-7-10-26(31)11-8-24/h2-12,19-23H,13-18H2,1H3,(H,32,35)/b12-9+/t20-,21?,22?,23?,30?/m0/s1. The van der Waals surface area contributed by atoms with Gasteiger partial charge in [0, 0.05) is 29.4 Å². The molecular formula is C30H32FN3O. The lowest BCUT2D eigenvalue weighted by Gasteiger charge is -2.59. The molecule has 4 aliphatic rings. The largest absolute Gasteiger partial charge is 0.350 e. The minimum atomic E-state index is -0.286. The van der Waals surface area contributed by atoms with Gasteiger partial charge in [0.2, 0.25) is 5.91 Å². The highest BCUT2D eigenvalue weighted by atomic mass is 19.1. The van der Waals surface area contributed by atoms with Gasteiger partial charge in [-0.1, -0.05) is 18.2 Å². The van der Waals surface area contributed by atoms with Gasteiger partial charge in [-0.3, -0.25) is 4.79 Å². The maximum Gasteiger partial charge on any atom is 0.244 e. The average molecular weight is 470 g/mol. The summed E-state index contributed by atoms with van der Waals surface area (Å²) in [7, 11) is 0. The molecule has 2 aromatic carbocycles. The third-order valence-corrected chi connectivity index (χ3v) is 8.66. The molecule has 5 heteroatoms. The number of nitrogens with zero attached hydrogens (tertiary/aromatic N) is 2. The average Bonchev–Trinajstić information content (AvgIpc) is 3.27. The molecule has 4 saturated carbocycles. The van der Waals surface area contributed by atoms with E-state index in [0.717, 1.165) is 34.6 Å². The van der Waals surface area contributed by atoms with Gasteiger partial charge in [-0.2, -0.15) is 5.10 Å². The molecule has 0 saturated heterocycles. The van der Waals surface area contributed by atoms with Crippen molar-refractivity contribution in [1.29, 1.82) is 0 Å². The normalized spacial score (nSPS) is 27.9. The second-order valence-electron chi connectivity index (χ2n) is 11.1. The van der Waals surface area contributed by atoms with Crippen molar-refractivity contribution >= 4 is 12.0 Å². The van der Waals surface area contributed by atoms with Crippen molar-refractivity contribution in [1.82, 2.24) is 15.1 Å². The first-order chi connectivity index (χ1) is 17.0. The van der Waals surface area contributed by atoms with E-state index in [9.17, 15) is 9.18 Å². The molecule has 1 aromatic heterocycles. The number of nitrogens with one attached hydrogen (secondary N) is 1. The van der Waals surface area contributed by atoms with E-state index in [-0.39, 0.29) is 23.2 Å². The van der Waals surface area contributed by atoms with Gasteiger partial charge in [-0.05, 0) is 111 Å². The summed E-state index contributed by atoms with van der Waals surface area (Å²) in [5.74, 6) is 2.23. The highest BCUT2D eigenvalue weighted by Crippen LogP contribution is 2.61. The molecule has 1 heterocycles. The van der Waals surface area contributed by atoms with Gasteiger partial charge in [-0.25, -0.2) is 9.07 Å². The molecule has 4 fully saturated rings. The minimum absolute atomic E-state index is 0.0641. The summed E-state index contributed by atoms with van der Waals surface area (Å²) in [4.78, 5) is 13.0. The van der Waals surface area contributed by atoms with Gasteiger partial charge in [0.1, 0.15) is 5.82 Å². The van der Waals surface area contributed by atoms with E-state index in [4.69, 9.17) is 5.10 Å². The van der Waals surface area contributed by atoms with E-state index < -0.39 is 0 Å². The Morgan fingerprint density at radius 3 is 2.29 bits per heavy atom. The van der Waals surface area contributed by atoms with E-state index in [1.807, 2.05) is 42.6 Å². The molecule has 3 aromatic rings. The highest BCUT2D eigenvalue weighted by Gasteiger charge is 2.53. The fourth-order valence-electron chi connectivity index (χ4n) is 7.34. The Bertz CT molecular complexity index is 1210. The molecular weight excluding hydrogens is 437 g/mol. The summed E-state index contributed by atoms with van der Waals surface area (Å²) in [5.41, 5.74) is 3.54. The van der Waals surface area contributed by atoms with Crippen molar-refractivity contribution in [2.24, 2.45) is 23.2 Å². The Labute approximate surface area is 206 Å². The molecule has 4 bridgehead atoms. The Hall–Kier alpha value is -3.21. The molecule has 35 heavy (non-hydrogen) atoms. The first kappa shape index (κ1) is 22.3. The number of carbonyl (C=O) groups excluding carboxylic acids is 1. The van der Waals surface area contributed by atoms with Crippen LogP contribution in [0.3, 0.4) is 0 Å². The summed E-state index contributed by atoms with van der Waals surface area (Å²) >= 11 is 0. The zero-order valence-electron chi connectivity index (χ0n) is 20.2. The molecule has 4 aliphatic carbocycles. The van der Waals surface area contributed by atoms with E-state index in [2.05, 4.69) is 12.2 Å². The van der Waals surface area contributed by atoms with Crippen LogP contribution in [-0.4, -0.2) is 21.7 Å². The van der Waals surface area contributed by atoms with Crippen LogP contribution in [-0.2, 0) is 4.79 Å². The van der Waals surface area contributed by atoms with Crippen molar-refractivity contribution in [3.63, 3.8) is 0 Å². The topological polar surface area (TPSA) is 46.9 Å². The van der Waals surface area contributed by atoms with Gasteiger partial charge >= 0.3 is 0 Å². The Kier molecular flexibility index (Phi) is 5.58. The van der Waals surface area contributed by atoms with Crippen molar-refractivity contribution in [2.75, 3.05) is 0 Å². The third-order valence-electron chi connectivity index (χ3n) is 8.66. The second kappa shape index (κ2) is 8.78. The molecule has 0 unspecified atom stereocenters. The predicted molar refractivity (Wildman–Crippen MR) is 136 cm³/mol. The van der Waals surface area contributed by atoms with Crippen LogP contribution in [0.25, 0.3) is 23.0 Å². The maximum atomic E-state index is 13.5. The predicted octanol–water partition coefficient (Wildman–Crippen LogP) is 6.41.